The monoisotopic (exact) mass is 565 g/mol. The van der Waals surface area contributed by atoms with Gasteiger partial charge in [-0.2, -0.15) is 22.9 Å². The van der Waals surface area contributed by atoms with E-state index in [2.05, 4.69) is 16.7 Å². The summed E-state index contributed by atoms with van der Waals surface area (Å²) in [4.78, 5) is 29.8. The largest absolute Gasteiger partial charge is 0.493 e. The summed E-state index contributed by atoms with van der Waals surface area (Å²) in [6.07, 6.45) is -1.24. The SMILES string of the molecule is C=CCc1cc(C=Nn2c(-c3cccc(C(F)(F)F)c3)nc3ccccc3c2=O)cc(OC)c1OCC(=O)OCC. The van der Waals surface area contributed by atoms with Gasteiger partial charge in [-0.05, 0) is 55.3 Å². The van der Waals surface area contributed by atoms with E-state index in [4.69, 9.17) is 14.2 Å². The molecule has 0 saturated carbocycles. The highest BCUT2D eigenvalue weighted by Crippen LogP contribution is 2.34. The Labute approximate surface area is 233 Å². The molecule has 0 spiro atoms. The van der Waals surface area contributed by atoms with Gasteiger partial charge >= 0.3 is 12.1 Å². The van der Waals surface area contributed by atoms with E-state index in [1.807, 2.05) is 0 Å². The fourth-order valence-corrected chi connectivity index (χ4v) is 4.09. The van der Waals surface area contributed by atoms with Crippen LogP contribution in [-0.4, -0.2) is 42.2 Å². The lowest BCUT2D eigenvalue weighted by Crippen LogP contribution is -2.20. The average molecular weight is 566 g/mol. The van der Waals surface area contributed by atoms with Crippen LogP contribution >= 0.6 is 0 Å². The number of nitrogens with zero attached hydrogens (tertiary/aromatic N) is 3. The second-order valence-electron chi connectivity index (χ2n) is 8.69. The number of methoxy groups -OCH3 is 1. The zero-order valence-corrected chi connectivity index (χ0v) is 22.3. The van der Waals surface area contributed by atoms with Crippen LogP contribution in [0, 0.1) is 0 Å². The van der Waals surface area contributed by atoms with Crippen molar-refractivity contribution in [1.29, 1.82) is 0 Å². The van der Waals surface area contributed by atoms with Crippen molar-refractivity contribution in [3.63, 3.8) is 0 Å². The van der Waals surface area contributed by atoms with Gasteiger partial charge in [-0.1, -0.05) is 30.3 Å². The first-order valence-electron chi connectivity index (χ1n) is 12.5. The fourth-order valence-electron chi connectivity index (χ4n) is 4.09. The van der Waals surface area contributed by atoms with Gasteiger partial charge in [-0.15, -0.1) is 6.58 Å². The Bertz CT molecular complexity index is 1680. The Balaban J connectivity index is 1.83. The molecule has 11 heteroatoms. The number of hydrogen-bond acceptors (Lipinski definition) is 7. The Morgan fingerprint density at radius 2 is 1.90 bits per heavy atom. The molecule has 212 valence electrons. The number of benzene rings is 3. The molecule has 0 aliphatic heterocycles. The average Bonchev–Trinajstić information content (AvgIpc) is 2.95. The van der Waals surface area contributed by atoms with Gasteiger partial charge in [-0.25, -0.2) is 9.78 Å². The first kappa shape index (κ1) is 29.1. The predicted molar refractivity (Wildman–Crippen MR) is 148 cm³/mol. The number of rotatable bonds is 10. The van der Waals surface area contributed by atoms with Crippen molar-refractivity contribution in [3.8, 4) is 22.9 Å². The second kappa shape index (κ2) is 12.5. The molecule has 0 aliphatic carbocycles. The summed E-state index contributed by atoms with van der Waals surface area (Å²) in [7, 11) is 1.43. The second-order valence-corrected chi connectivity index (χ2v) is 8.69. The minimum atomic E-state index is -4.59. The summed E-state index contributed by atoms with van der Waals surface area (Å²) in [5.74, 6) is -0.0113. The van der Waals surface area contributed by atoms with Gasteiger partial charge in [0.15, 0.2) is 23.9 Å². The highest BCUT2D eigenvalue weighted by Gasteiger charge is 2.31. The van der Waals surface area contributed by atoms with Gasteiger partial charge < -0.3 is 14.2 Å². The number of allylic oxidation sites excluding steroid dienone is 1. The number of esters is 1. The highest BCUT2D eigenvalue weighted by molar-refractivity contribution is 5.83. The number of fused-ring (bicyclic) bond motifs is 1. The third-order valence-electron chi connectivity index (χ3n) is 5.90. The van der Waals surface area contributed by atoms with Crippen LogP contribution in [0.4, 0.5) is 13.2 Å². The number of ether oxygens (including phenoxy) is 3. The molecule has 0 saturated heterocycles. The van der Waals surface area contributed by atoms with Crippen LogP contribution in [0.1, 0.15) is 23.6 Å². The third-order valence-corrected chi connectivity index (χ3v) is 5.90. The molecular weight excluding hydrogens is 539 g/mol. The molecule has 0 aliphatic rings. The van der Waals surface area contributed by atoms with Crippen molar-refractivity contribution in [1.82, 2.24) is 9.66 Å². The zero-order valence-electron chi connectivity index (χ0n) is 22.3. The van der Waals surface area contributed by atoms with E-state index in [0.29, 0.717) is 28.8 Å². The Hall–Kier alpha value is -4.93. The molecule has 0 N–H and O–H groups in total. The van der Waals surface area contributed by atoms with Crippen molar-refractivity contribution >= 4 is 23.1 Å². The Morgan fingerprint density at radius 1 is 1.12 bits per heavy atom. The van der Waals surface area contributed by atoms with Crippen LogP contribution in [-0.2, 0) is 22.1 Å². The van der Waals surface area contributed by atoms with E-state index in [1.165, 1.54) is 25.5 Å². The Kier molecular flexibility index (Phi) is 8.86. The lowest BCUT2D eigenvalue weighted by molar-refractivity contribution is -0.145. The number of para-hydroxylation sites is 1. The molecule has 3 aromatic carbocycles. The summed E-state index contributed by atoms with van der Waals surface area (Å²) in [5, 5.41) is 4.58. The first-order valence-corrected chi connectivity index (χ1v) is 12.5. The standard InChI is InChI=1S/C30H26F3N3O5/c1-4-9-20-14-19(15-25(39-3)27(20)41-18-26(37)40-5-2)17-34-36-28(21-10-8-11-22(16-21)30(31,32)33)35-24-13-7-6-12-23(24)29(36)38/h4,6-8,10-17H,1,5,9,18H2,2-3H3. The zero-order chi connectivity index (χ0) is 29.6. The predicted octanol–water partition coefficient (Wildman–Crippen LogP) is 5.64. The Morgan fingerprint density at radius 3 is 2.61 bits per heavy atom. The van der Waals surface area contributed by atoms with Crippen LogP contribution in [0.5, 0.6) is 11.5 Å². The maximum atomic E-state index is 13.5. The number of alkyl halides is 3. The van der Waals surface area contributed by atoms with Crippen molar-refractivity contribution in [2.45, 2.75) is 19.5 Å². The van der Waals surface area contributed by atoms with Gasteiger partial charge in [0, 0.05) is 11.1 Å². The van der Waals surface area contributed by atoms with Gasteiger partial charge in [0.25, 0.3) is 5.56 Å². The van der Waals surface area contributed by atoms with Crippen molar-refractivity contribution < 1.29 is 32.2 Å². The maximum absolute atomic E-state index is 13.5. The smallest absolute Gasteiger partial charge is 0.416 e. The molecule has 4 aromatic rings. The highest BCUT2D eigenvalue weighted by atomic mass is 19.4. The van der Waals surface area contributed by atoms with E-state index in [-0.39, 0.29) is 35.7 Å². The van der Waals surface area contributed by atoms with E-state index in [1.54, 1.807) is 49.4 Å². The molecule has 8 nitrogen and oxygen atoms in total. The maximum Gasteiger partial charge on any atom is 0.416 e. The van der Waals surface area contributed by atoms with E-state index in [9.17, 15) is 22.8 Å². The number of carbonyl (C=O) groups excluding carboxylic acids is 1. The van der Waals surface area contributed by atoms with Crippen LogP contribution < -0.4 is 15.0 Å². The van der Waals surface area contributed by atoms with Crippen molar-refractivity contribution in [2.24, 2.45) is 5.10 Å². The van der Waals surface area contributed by atoms with E-state index in [0.717, 1.165) is 16.8 Å². The van der Waals surface area contributed by atoms with Crippen LogP contribution in [0.15, 0.2) is 83.2 Å². The molecule has 4 rings (SSSR count). The molecule has 0 amide bonds. The summed E-state index contributed by atoms with van der Waals surface area (Å²) < 4.78 is 57.4. The lowest BCUT2D eigenvalue weighted by Gasteiger charge is -2.15. The van der Waals surface area contributed by atoms with Gasteiger partial charge in [0.1, 0.15) is 0 Å². The lowest BCUT2D eigenvalue weighted by atomic mass is 10.1. The molecule has 41 heavy (non-hydrogen) atoms. The van der Waals surface area contributed by atoms with Gasteiger partial charge in [0.05, 0.1) is 36.4 Å². The summed E-state index contributed by atoms with van der Waals surface area (Å²) in [6, 6.07) is 14.3. The topological polar surface area (TPSA) is 92.0 Å². The number of hydrogen-bond donors (Lipinski definition) is 0. The molecule has 0 radical (unpaired) electrons. The van der Waals surface area contributed by atoms with Gasteiger partial charge in [0.2, 0.25) is 0 Å². The van der Waals surface area contributed by atoms with E-state index >= 15 is 0 Å². The third kappa shape index (κ3) is 6.63. The van der Waals surface area contributed by atoms with E-state index < -0.39 is 23.3 Å². The van der Waals surface area contributed by atoms with Crippen LogP contribution in [0.25, 0.3) is 22.3 Å². The fraction of sp³-hybridized carbons (Fsp3) is 0.200. The molecule has 1 aromatic heterocycles. The molecule has 1 heterocycles. The number of carbonyl (C=O) groups is 1. The normalized spacial score (nSPS) is 11.5. The summed E-state index contributed by atoms with van der Waals surface area (Å²) >= 11 is 0. The molecule has 0 fully saturated rings. The van der Waals surface area contributed by atoms with Crippen LogP contribution in [0.2, 0.25) is 0 Å². The van der Waals surface area contributed by atoms with Gasteiger partial charge in [-0.3, -0.25) is 4.79 Å². The molecule has 0 atom stereocenters. The number of aromatic nitrogens is 2. The molecule has 0 unspecified atom stereocenters. The van der Waals surface area contributed by atoms with Crippen molar-refractivity contribution in [3.05, 3.63) is 100 Å². The molecular formula is C30H26F3N3O5. The first-order chi connectivity index (χ1) is 19.7. The van der Waals surface area contributed by atoms with Crippen LogP contribution in [0.3, 0.4) is 0 Å². The number of halogens is 3. The quantitative estimate of drug-likeness (QED) is 0.140. The minimum absolute atomic E-state index is 0.0625. The summed E-state index contributed by atoms with van der Waals surface area (Å²) in [5.41, 5.74) is 0.0309. The van der Waals surface area contributed by atoms with Crippen molar-refractivity contribution in [2.75, 3.05) is 20.3 Å². The minimum Gasteiger partial charge on any atom is -0.493 e. The summed E-state index contributed by atoms with van der Waals surface area (Å²) in [6.45, 7) is 5.32. The molecule has 0 bridgehead atoms.